The zero-order valence-electron chi connectivity index (χ0n) is 24.0. The number of amides is 4. The molecule has 2 unspecified atom stereocenters. The van der Waals surface area contributed by atoms with E-state index in [1.54, 1.807) is 41.5 Å². The van der Waals surface area contributed by atoms with Crippen molar-refractivity contribution in [3.63, 3.8) is 0 Å². The van der Waals surface area contributed by atoms with Gasteiger partial charge in [0.25, 0.3) is 0 Å². The highest BCUT2D eigenvalue weighted by molar-refractivity contribution is 5.92. The van der Waals surface area contributed by atoms with Crippen molar-refractivity contribution in [1.82, 2.24) is 21.3 Å². The molecule has 0 aromatic heterocycles. The van der Waals surface area contributed by atoms with Gasteiger partial charge in [0.2, 0.25) is 17.7 Å². The van der Waals surface area contributed by atoms with Crippen molar-refractivity contribution >= 4 is 29.8 Å². The van der Waals surface area contributed by atoms with Gasteiger partial charge in [-0.2, -0.15) is 0 Å². The number of nitrogens with one attached hydrogen (secondary N) is 4. The van der Waals surface area contributed by atoms with Crippen molar-refractivity contribution in [3.05, 3.63) is 12.2 Å². The minimum absolute atomic E-state index is 0.0662. The third kappa shape index (κ3) is 12.4. The van der Waals surface area contributed by atoms with Crippen LogP contribution in [-0.4, -0.2) is 66.7 Å². The summed E-state index contributed by atoms with van der Waals surface area (Å²) in [6.07, 6.45) is 3.28. The molecule has 4 atom stereocenters. The van der Waals surface area contributed by atoms with Crippen LogP contribution in [0.1, 0.15) is 74.7 Å². The van der Waals surface area contributed by atoms with Gasteiger partial charge in [0, 0.05) is 24.6 Å². The molecule has 1 fully saturated rings. The van der Waals surface area contributed by atoms with Crippen LogP contribution in [0.4, 0.5) is 4.79 Å². The van der Waals surface area contributed by atoms with Crippen molar-refractivity contribution in [1.29, 1.82) is 0 Å². The van der Waals surface area contributed by atoms with E-state index in [0.717, 1.165) is 0 Å². The lowest BCUT2D eigenvalue weighted by Gasteiger charge is -2.28. The first-order chi connectivity index (χ1) is 17.6. The molecule has 0 radical (unpaired) electrons. The van der Waals surface area contributed by atoms with Gasteiger partial charge in [-0.05, 0) is 58.8 Å². The number of ether oxygens (including phenoxy) is 2. The van der Waals surface area contributed by atoms with E-state index in [1.807, 2.05) is 13.8 Å². The van der Waals surface area contributed by atoms with E-state index in [9.17, 15) is 24.0 Å². The average Bonchev–Trinajstić information content (AvgIpc) is 3.17. The second-order valence-corrected chi connectivity index (χ2v) is 11.3. The first kappa shape index (κ1) is 32.9. The molecule has 1 rings (SSSR count). The fraction of sp³-hybridized carbons (Fsp3) is 0.741. The van der Waals surface area contributed by atoms with Gasteiger partial charge in [-0.15, -0.1) is 0 Å². The lowest BCUT2D eigenvalue weighted by Crippen LogP contribution is -2.57. The molecule has 11 heteroatoms. The van der Waals surface area contributed by atoms with Gasteiger partial charge in [-0.1, -0.05) is 33.8 Å². The van der Waals surface area contributed by atoms with Crippen molar-refractivity contribution in [2.75, 3.05) is 13.2 Å². The minimum Gasteiger partial charge on any atom is -0.463 e. The molecule has 0 aromatic carbocycles. The third-order valence-electron chi connectivity index (χ3n) is 5.74. The van der Waals surface area contributed by atoms with Gasteiger partial charge >= 0.3 is 12.1 Å². The van der Waals surface area contributed by atoms with Crippen LogP contribution >= 0.6 is 0 Å². The Morgan fingerprint density at radius 2 is 1.71 bits per heavy atom. The molecule has 38 heavy (non-hydrogen) atoms. The lowest BCUT2D eigenvalue weighted by atomic mass is 9.96. The van der Waals surface area contributed by atoms with Gasteiger partial charge in [0.05, 0.1) is 6.61 Å². The summed E-state index contributed by atoms with van der Waals surface area (Å²) in [6.45, 7) is 15.0. The Labute approximate surface area is 226 Å². The maximum absolute atomic E-state index is 13.4. The van der Waals surface area contributed by atoms with E-state index in [2.05, 4.69) is 21.3 Å². The summed E-state index contributed by atoms with van der Waals surface area (Å²) in [4.78, 5) is 62.9. The Bertz CT molecular complexity index is 864. The van der Waals surface area contributed by atoms with Gasteiger partial charge < -0.3 is 30.7 Å². The predicted octanol–water partition coefficient (Wildman–Crippen LogP) is 2.20. The summed E-state index contributed by atoms with van der Waals surface area (Å²) in [7, 11) is 0. The van der Waals surface area contributed by atoms with Crippen molar-refractivity contribution in [2.45, 2.75) is 98.4 Å². The highest BCUT2D eigenvalue weighted by atomic mass is 16.6. The van der Waals surface area contributed by atoms with Crippen molar-refractivity contribution < 1.29 is 33.4 Å². The molecule has 0 aliphatic carbocycles. The molecule has 0 spiro atoms. The summed E-state index contributed by atoms with van der Waals surface area (Å²) in [6, 6.07) is -2.46. The summed E-state index contributed by atoms with van der Waals surface area (Å²) in [5.74, 6) is -2.14. The second kappa shape index (κ2) is 15.3. The van der Waals surface area contributed by atoms with Gasteiger partial charge in [-0.3, -0.25) is 14.4 Å². The minimum atomic E-state index is -0.922. The second-order valence-electron chi connectivity index (χ2n) is 11.3. The van der Waals surface area contributed by atoms with E-state index in [0.29, 0.717) is 25.8 Å². The molecule has 1 aliphatic heterocycles. The van der Waals surface area contributed by atoms with E-state index in [-0.39, 0.29) is 30.3 Å². The topological polar surface area (TPSA) is 152 Å². The zero-order valence-corrected chi connectivity index (χ0v) is 24.0. The van der Waals surface area contributed by atoms with E-state index in [4.69, 9.17) is 9.47 Å². The largest absolute Gasteiger partial charge is 0.463 e. The van der Waals surface area contributed by atoms with Gasteiger partial charge in [0.1, 0.15) is 17.7 Å². The number of hydrogen-bond donors (Lipinski definition) is 4. The quantitative estimate of drug-likeness (QED) is 0.207. The van der Waals surface area contributed by atoms with Crippen LogP contribution in [0.2, 0.25) is 0 Å². The molecule has 4 N–H and O–H groups in total. The smallest absolute Gasteiger partial charge is 0.408 e. The molecule has 0 bridgehead atoms. The molecule has 1 aliphatic rings. The summed E-state index contributed by atoms with van der Waals surface area (Å²) in [5, 5.41) is 11.0. The zero-order chi connectivity index (χ0) is 29.0. The number of alkyl carbamates (subject to hydrolysis) is 1. The van der Waals surface area contributed by atoms with Crippen LogP contribution in [-0.2, 0) is 28.7 Å². The van der Waals surface area contributed by atoms with E-state index < -0.39 is 47.6 Å². The number of esters is 1. The number of carbonyl (C=O) groups excluding carboxylic acids is 5. The van der Waals surface area contributed by atoms with Crippen LogP contribution in [0.15, 0.2) is 12.2 Å². The van der Waals surface area contributed by atoms with Crippen LogP contribution in [0.3, 0.4) is 0 Å². The van der Waals surface area contributed by atoms with Crippen LogP contribution < -0.4 is 21.3 Å². The number of hydrogen-bond acceptors (Lipinski definition) is 7. The molecular weight excluding hydrogens is 492 g/mol. The summed E-state index contributed by atoms with van der Waals surface area (Å²) in [5.41, 5.74) is -0.732. The molecule has 1 saturated heterocycles. The normalized spacial score (nSPS) is 18.1. The highest BCUT2D eigenvalue weighted by Gasteiger charge is 2.32. The Morgan fingerprint density at radius 3 is 2.21 bits per heavy atom. The van der Waals surface area contributed by atoms with Gasteiger partial charge in [0.15, 0.2) is 0 Å². The molecule has 0 saturated carbocycles. The first-order valence-electron chi connectivity index (χ1n) is 13.4. The van der Waals surface area contributed by atoms with Gasteiger partial charge in [-0.25, -0.2) is 9.59 Å². The Hall–Kier alpha value is -3.11. The Balaban J connectivity index is 3.04. The molecule has 216 valence electrons. The maximum atomic E-state index is 13.4. The van der Waals surface area contributed by atoms with E-state index >= 15 is 0 Å². The molecule has 0 aromatic rings. The SMILES string of the molecule is CCOC(=O)/C=C/[C@H](CC1CCNC1=O)NC(=O)C(CC(C)C)NC(=O)[C@@H](NC(=O)OC(C)(C)C)C(C)C. The number of rotatable bonds is 13. The predicted molar refractivity (Wildman–Crippen MR) is 143 cm³/mol. The molecule has 11 nitrogen and oxygen atoms in total. The number of carbonyl (C=O) groups is 5. The standard InChI is InChI=1S/C27H46N4O7/c1-9-37-21(32)11-10-19(15-18-12-13-28-23(18)33)29-24(34)20(14-16(2)3)30-25(35)22(17(4)5)31-26(36)38-27(6,7)8/h10-11,16-20,22H,9,12-15H2,1-8H3,(H,28,33)(H,29,34)(H,30,35)(H,31,36)/b11-10+/t18?,19-,20?,22+/m1/s1. The monoisotopic (exact) mass is 538 g/mol. The molecule has 4 amide bonds. The van der Waals surface area contributed by atoms with Crippen molar-refractivity contribution in [2.24, 2.45) is 17.8 Å². The maximum Gasteiger partial charge on any atom is 0.408 e. The first-order valence-corrected chi connectivity index (χ1v) is 13.4. The van der Waals surface area contributed by atoms with Crippen molar-refractivity contribution in [3.8, 4) is 0 Å². The highest BCUT2D eigenvalue weighted by Crippen LogP contribution is 2.18. The average molecular weight is 539 g/mol. The van der Waals surface area contributed by atoms with Crippen LogP contribution in [0.25, 0.3) is 0 Å². The fourth-order valence-electron chi connectivity index (χ4n) is 3.96. The third-order valence-corrected chi connectivity index (χ3v) is 5.74. The lowest BCUT2D eigenvalue weighted by molar-refractivity contribution is -0.137. The molecule has 1 heterocycles. The molecular formula is C27H46N4O7. The van der Waals surface area contributed by atoms with E-state index in [1.165, 1.54) is 12.2 Å². The van der Waals surface area contributed by atoms with Crippen LogP contribution in [0.5, 0.6) is 0 Å². The fourth-order valence-corrected chi connectivity index (χ4v) is 3.96. The Morgan fingerprint density at radius 1 is 1.05 bits per heavy atom. The summed E-state index contributed by atoms with van der Waals surface area (Å²) >= 11 is 0. The Kier molecular flexibility index (Phi) is 13.3. The van der Waals surface area contributed by atoms with Crippen LogP contribution in [0, 0.1) is 17.8 Å². The summed E-state index contributed by atoms with van der Waals surface area (Å²) < 4.78 is 10.2.